The van der Waals surface area contributed by atoms with Gasteiger partial charge in [0.15, 0.2) is 0 Å². The van der Waals surface area contributed by atoms with Crippen molar-refractivity contribution < 1.29 is 38.9 Å². The molecule has 0 fully saturated rings. The van der Waals surface area contributed by atoms with Crippen LogP contribution in [0.3, 0.4) is 0 Å². The van der Waals surface area contributed by atoms with Crippen LogP contribution < -0.4 is 4.18 Å². The van der Waals surface area contributed by atoms with E-state index >= 15 is 0 Å². The molecule has 0 N–H and O–H groups in total. The molecule has 0 heterocycles. The Morgan fingerprint density at radius 3 is 2.05 bits per heavy atom. The molecule has 3 nitrogen and oxygen atoms in total. The molecule has 0 amide bonds. The maximum absolute atomic E-state index is 13.1. The molecule has 0 aliphatic heterocycles. The molecule has 1 aromatic rings. The van der Waals surface area contributed by atoms with Crippen molar-refractivity contribution in [1.82, 2.24) is 0 Å². The zero-order valence-corrected chi connectivity index (χ0v) is 10.6. The fourth-order valence-electron chi connectivity index (χ4n) is 1.11. The van der Waals surface area contributed by atoms with Crippen LogP contribution in [-0.4, -0.2) is 26.0 Å². The summed E-state index contributed by atoms with van der Waals surface area (Å²) in [4.78, 5) is 0. The van der Waals surface area contributed by atoms with Gasteiger partial charge in [0.2, 0.25) is 0 Å². The highest BCUT2D eigenvalue weighted by Crippen LogP contribution is 2.43. The lowest BCUT2D eigenvalue weighted by molar-refractivity contribution is -0.227. The Balaban J connectivity index is 3.21. The first-order chi connectivity index (χ1) is 8.93. The zero-order chi connectivity index (χ0) is 15.8. The van der Waals surface area contributed by atoms with Gasteiger partial charge < -0.3 is 4.18 Å². The van der Waals surface area contributed by atoms with Gasteiger partial charge in [0, 0.05) is 0 Å². The Kier molecular flexibility index (Phi) is 4.28. The first-order valence-electron chi connectivity index (χ1n) is 4.97. The topological polar surface area (TPSA) is 43.4 Å². The van der Waals surface area contributed by atoms with Crippen LogP contribution >= 0.6 is 0 Å². The second kappa shape index (κ2) is 5.15. The fraction of sp³-hybridized carbons (Fsp3) is 0.400. The fourth-order valence-corrected chi connectivity index (χ4v) is 2.06. The lowest BCUT2D eigenvalue weighted by Gasteiger charge is -2.25. The van der Waals surface area contributed by atoms with Crippen molar-refractivity contribution in [3.63, 3.8) is 0 Å². The molecule has 20 heavy (non-hydrogen) atoms. The number of hydrogen-bond acceptors (Lipinski definition) is 3. The summed E-state index contributed by atoms with van der Waals surface area (Å²) in [6.45, 7) is 1.26. The van der Waals surface area contributed by atoms with Crippen molar-refractivity contribution in [2.24, 2.45) is 0 Å². The molecule has 0 aliphatic rings. The minimum atomic E-state index is -6.30. The SMILES string of the molecule is Cc1ccccc1OS(=O)(=O)C(F)(F)C(F)(F)C(F)F. The normalized spacial score (nSPS) is 13.6. The molecule has 0 atom stereocenters. The molecule has 10 heteroatoms. The number of rotatable bonds is 5. The summed E-state index contributed by atoms with van der Waals surface area (Å²) in [7, 11) is -6.30. The van der Waals surface area contributed by atoms with Crippen LogP contribution in [0.4, 0.5) is 26.3 Å². The van der Waals surface area contributed by atoms with Crippen LogP contribution in [0.2, 0.25) is 0 Å². The highest BCUT2D eigenvalue weighted by Gasteiger charge is 2.72. The van der Waals surface area contributed by atoms with Crippen LogP contribution in [-0.2, 0) is 10.1 Å². The third-order valence-corrected chi connectivity index (χ3v) is 3.57. The number of para-hydroxylation sites is 1. The van der Waals surface area contributed by atoms with Crippen LogP contribution in [0.15, 0.2) is 24.3 Å². The Morgan fingerprint density at radius 2 is 1.60 bits per heavy atom. The van der Waals surface area contributed by atoms with E-state index in [0.717, 1.165) is 6.07 Å². The Labute approximate surface area is 110 Å². The van der Waals surface area contributed by atoms with E-state index < -0.39 is 33.5 Å². The molecule has 0 aliphatic carbocycles. The summed E-state index contributed by atoms with van der Waals surface area (Å²) < 4.78 is 101. The monoisotopic (exact) mass is 322 g/mol. The number of aryl methyl sites for hydroxylation is 1. The van der Waals surface area contributed by atoms with Crippen LogP contribution in [0.5, 0.6) is 5.75 Å². The highest BCUT2D eigenvalue weighted by molar-refractivity contribution is 7.88. The van der Waals surface area contributed by atoms with Gasteiger partial charge in [0.25, 0.3) is 0 Å². The van der Waals surface area contributed by atoms with Crippen LogP contribution in [0.25, 0.3) is 0 Å². The van der Waals surface area contributed by atoms with Gasteiger partial charge in [-0.25, -0.2) is 8.78 Å². The zero-order valence-electron chi connectivity index (χ0n) is 9.79. The smallest absolute Gasteiger partial charge is 0.378 e. The van der Waals surface area contributed by atoms with Gasteiger partial charge in [-0.2, -0.15) is 26.0 Å². The molecule has 114 valence electrons. The molecular weight excluding hydrogens is 314 g/mol. The first-order valence-corrected chi connectivity index (χ1v) is 6.37. The van der Waals surface area contributed by atoms with Crippen molar-refractivity contribution in [2.75, 3.05) is 0 Å². The minimum Gasteiger partial charge on any atom is -0.378 e. The van der Waals surface area contributed by atoms with E-state index in [9.17, 15) is 34.8 Å². The average molecular weight is 322 g/mol. The molecule has 1 aromatic carbocycles. The van der Waals surface area contributed by atoms with Gasteiger partial charge in [0.05, 0.1) is 0 Å². The van der Waals surface area contributed by atoms with Crippen molar-refractivity contribution in [3.05, 3.63) is 29.8 Å². The maximum atomic E-state index is 13.1. The summed E-state index contributed by atoms with van der Waals surface area (Å²) in [5.41, 5.74) is 0.0484. The summed E-state index contributed by atoms with van der Waals surface area (Å²) in [5, 5.41) is -6.07. The van der Waals surface area contributed by atoms with Gasteiger partial charge in [-0.15, -0.1) is 0 Å². The van der Waals surface area contributed by atoms with E-state index in [2.05, 4.69) is 4.18 Å². The molecule has 0 saturated heterocycles. The Hall–Kier alpha value is -1.45. The van der Waals surface area contributed by atoms with Crippen molar-refractivity contribution >= 4 is 10.1 Å². The number of halogens is 6. The summed E-state index contributed by atoms with van der Waals surface area (Å²) in [5.74, 6) is -6.73. The molecule has 0 bridgehead atoms. The standard InChI is InChI=1S/C10H8F6O3S/c1-6-4-2-3-5-7(6)19-20(17,18)10(15,16)9(13,14)8(11)12/h2-5,8H,1H3. The van der Waals surface area contributed by atoms with E-state index in [0.29, 0.717) is 0 Å². The average Bonchev–Trinajstić information content (AvgIpc) is 2.31. The summed E-state index contributed by atoms with van der Waals surface area (Å²) in [6, 6.07) is 4.78. The Bertz CT molecular complexity index is 584. The van der Waals surface area contributed by atoms with Gasteiger partial charge in [-0.05, 0) is 18.6 Å². The summed E-state index contributed by atoms with van der Waals surface area (Å²) in [6.07, 6.45) is -4.87. The number of alkyl halides is 6. The maximum Gasteiger partial charge on any atom is 0.448 e. The van der Waals surface area contributed by atoms with Crippen LogP contribution in [0, 0.1) is 6.92 Å². The quantitative estimate of drug-likeness (QED) is 0.618. The molecule has 0 saturated carbocycles. The molecule has 0 aromatic heterocycles. The van der Waals surface area contributed by atoms with E-state index in [-0.39, 0.29) is 5.56 Å². The van der Waals surface area contributed by atoms with E-state index in [1.165, 1.54) is 25.1 Å². The van der Waals surface area contributed by atoms with Crippen LogP contribution in [0.1, 0.15) is 5.56 Å². The van der Waals surface area contributed by atoms with Gasteiger partial charge in [0.1, 0.15) is 5.75 Å². The molecule has 0 unspecified atom stereocenters. The Morgan fingerprint density at radius 1 is 1.10 bits per heavy atom. The molecule has 1 rings (SSSR count). The second-order valence-corrected chi connectivity index (χ2v) is 5.33. The van der Waals surface area contributed by atoms with Crippen molar-refractivity contribution in [1.29, 1.82) is 0 Å². The van der Waals surface area contributed by atoms with Gasteiger partial charge in [-0.3, -0.25) is 0 Å². The third kappa shape index (κ3) is 2.69. The highest BCUT2D eigenvalue weighted by atomic mass is 32.2. The third-order valence-electron chi connectivity index (χ3n) is 2.27. The largest absolute Gasteiger partial charge is 0.448 e. The lowest BCUT2D eigenvalue weighted by Crippen LogP contribution is -2.53. The van der Waals surface area contributed by atoms with Crippen molar-refractivity contribution in [2.45, 2.75) is 24.5 Å². The predicted octanol–water partition coefficient (Wildman–Crippen LogP) is 3.20. The van der Waals surface area contributed by atoms with Gasteiger partial charge >= 0.3 is 27.7 Å². The molecular formula is C10H8F6O3S. The van der Waals surface area contributed by atoms with Crippen molar-refractivity contribution in [3.8, 4) is 5.75 Å². The molecule has 0 radical (unpaired) electrons. The van der Waals surface area contributed by atoms with E-state index in [1.54, 1.807) is 0 Å². The number of benzene rings is 1. The van der Waals surface area contributed by atoms with Gasteiger partial charge in [-0.1, -0.05) is 18.2 Å². The minimum absolute atomic E-state index is 0.0484. The second-order valence-electron chi connectivity index (χ2n) is 3.74. The lowest BCUT2D eigenvalue weighted by atomic mass is 10.2. The molecule has 0 spiro atoms. The summed E-state index contributed by atoms with van der Waals surface area (Å²) >= 11 is 0. The van der Waals surface area contributed by atoms with E-state index in [1.807, 2.05) is 0 Å². The van der Waals surface area contributed by atoms with E-state index in [4.69, 9.17) is 0 Å². The first kappa shape index (κ1) is 16.6. The number of hydrogen-bond donors (Lipinski definition) is 0. The predicted molar refractivity (Wildman–Crippen MR) is 56.6 cm³/mol.